The molecular formula is C11H14ClN3S. The molecule has 0 aliphatic heterocycles. The van der Waals surface area contributed by atoms with Crippen molar-refractivity contribution < 1.29 is 0 Å². The van der Waals surface area contributed by atoms with Gasteiger partial charge in [-0.25, -0.2) is 4.98 Å². The lowest BCUT2D eigenvalue weighted by molar-refractivity contribution is 0.750. The summed E-state index contributed by atoms with van der Waals surface area (Å²) in [7, 11) is 0. The number of thioether (sulfide) groups is 1. The molecule has 0 saturated carbocycles. The Morgan fingerprint density at radius 3 is 2.88 bits per heavy atom. The van der Waals surface area contributed by atoms with Crippen LogP contribution in [0.4, 0.5) is 5.82 Å². The fourth-order valence-corrected chi connectivity index (χ4v) is 1.46. The molecule has 5 heteroatoms. The fourth-order valence-electron chi connectivity index (χ4n) is 1.02. The Morgan fingerprint density at radius 1 is 1.62 bits per heavy atom. The zero-order valence-electron chi connectivity index (χ0n) is 9.54. The van der Waals surface area contributed by atoms with Crippen LogP contribution in [-0.2, 0) is 0 Å². The predicted octanol–water partition coefficient (Wildman–Crippen LogP) is 3.16. The zero-order valence-corrected chi connectivity index (χ0v) is 11.1. The zero-order chi connectivity index (χ0) is 12.2. The summed E-state index contributed by atoms with van der Waals surface area (Å²) in [6.45, 7) is 5.01. The lowest BCUT2D eigenvalue weighted by Gasteiger charge is -2.22. The molecule has 0 fully saturated rings. The van der Waals surface area contributed by atoms with Gasteiger partial charge in [-0.1, -0.05) is 11.6 Å². The van der Waals surface area contributed by atoms with Crippen LogP contribution in [0.5, 0.6) is 0 Å². The van der Waals surface area contributed by atoms with Gasteiger partial charge >= 0.3 is 0 Å². The predicted molar refractivity (Wildman–Crippen MR) is 70.0 cm³/mol. The average Bonchev–Trinajstić information content (AvgIpc) is 2.28. The van der Waals surface area contributed by atoms with E-state index in [1.165, 1.54) is 0 Å². The van der Waals surface area contributed by atoms with E-state index in [9.17, 15) is 0 Å². The van der Waals surface area contributed by atoms with E-state index in [2.05, 4.69) is 30.4 Å². The van der Waals surface area contributed by atoms with Gasteiger partial charge in [0.05, 0.1) is 5.56 Å². The molecule has 0 saturated heterocycles. The highest BCUT2D eigenvalue weighted by Crippen LogP contribution is 2.26. The Kier molecular flexibility index (Phi) is 4.45. The minimum Gasteiger partial charge on any atom is -0.367 e. The Bertz CT molecular complexity index is 412. The van der Waals surface area contributed by atoms with Crippen LogP contribution < -0.4 is 5.32 Å². The Labute approximate surface area is 105 Å². The molecule has 0 unspecified atom stereocenters. The number of nitriles is 1. The highest BCUT2D eigenvalue weighted by Gasteiger charge is 2.16. The maximum absolute atomic E-state index is 8.82. The van der Waals surface area contributed by atoms with Crippen molar-refractivity contribution in [2.45, 2.75) is 18.6 Å². The molecule has 1 N–H and O–H groups in total. The third kappa shape index (κ3) is 3.29. The first-order valence-electron chi connectivity index (χ1n) is 4.84. The van der Waals surface area contributed by atoms with Gasteiger partial charge in [-0.2, -0.15) is 17.0 Å². The van der Waals surface area contributed by atoms with Crippen LogP contribution in [0.15, 0.2) is 12.3 Å². The van der Waals surface area contributed by atoms with Crippen LogP contribution in [-0.4, -0.2) is 22.5 Å². The molecule has 1 aromatic rings. The highest BCUT2D eigenvalue weighted by molar-refractivity contribution is 7.99. The third-order valence-corrected chi connectivity index (χ3v) is 3.88. The average molecular weight is 256 g/mol. The van der Waals surface area contributed by atoms with Crippen LogP contribution >= 0.6 is 23.4 Å². The maximum Gasteiger partial charge on any atom is 0.146 e. The standard InChI is InChI=1S/C11H14ClN3S/c1-11(2,16-3)7-15-10-9(12)8(6-13)4-5-14-10/h4-5H,7H2,1-3H3,(H,14,15). The first-order chi connectivity index (χ1) is 7.50. The molecule has 0 atom stereocenters. The fraction of sp³-hybridized carbons (Fsp3) is 0.455. The van der Waals surface area contributed by atoms with E-state index in [4.69, 9.17) is 16.9 Å². The van der Waals surface area contributed by atoms with Gasteiger partial charge in [0.15, 0.2) is 0 Å². The molecule has 0 aliphatic carbocycles. The molecule has 0 bridgehead atoms. The Hall–Kier alpha value is -0.920. The van der Waals surface area contributed by atoms with E-state index in [0.29, 0.717) is 16.4 Å². The van der Waals surface area contributed by atoms with Gasteiger partial charge < -0.3 is 5.32 Å². The molecule has 1 rings (SSSR count). The van der Waals surface area contributed by atoms with Gasteiger partial charge in [0.1, 0.15) is 16.9 Å². The van der Waals surface area contributed by atoms with Crippen molar-refractivity contribution in [3.63, 3.8) is 0 Å². The van der Waals surface area contributed by atoms with E-state index in [-0.39, 0.29) is 4.75 Å². The van der Waals surface area contributed by atoms with Crippen LogP contribution in [0.3, 0.4) is 0 Å². The van der Waals surface area contributed by atoms with Crippen molar-refractivity contribution in [2.75, 3.05) is 18.1 Å². The molecule has 16 heavy (non-hydrogen) atoms. The van der Waals surface area contributed by atoms with Crippen molar-refractivity contribution in [3.8, 4) is 6.07 Å². The van der Waals surface area contributed by atoms with E-state index in [1.54, 1.807) is 24.0 Å². The summed E-state index contributed by atoms with van der Waals surface area (Å²) in [6.07, 6.45) is 3.64. The number of rotatable bonds is 4. The van der Waals surface area contributed by atoms with E-state index >= 15 is 0 Å². The topological polar surface area (TPSA) is 48.7 Å². The van der Waals surface area contributed by atoms with E-state index < -0.39 is 0 Å². The molecule has 0 radical (unpaired) electrons. The number of halogens is 1. The molecule has 0 aromatic carbocycles. The van der Waals surface area contributed by atoms with Crippen LogP contribution in [0, 0.1) is 11.3 Å². The number of nitrogens with zero attached hydrogens (tertiary/aromatic N) is 2. The van der Waals surface area contributed by atoms with Gasteiger partial charge in [0, 0.05) is 17.5 Å². The first kappa shape index (κ1) is 13.1. The molecule has 86 valence electrons. The second kappa shape index (κ2) is 5.42. The molecule has 1 aromatic heterocycles. The van der Waals surface area contributed by atoms with Crippen molar-refractivity contribution >= 4 is 29.2 Å². The lowest BCUT2D eigenvalue weighted by Crippen LogP contribution is -2.26. The molecule has 3 nitrogen and oxygen atoms in total. The van der Waals surface area contributed by atoms with Crippen molar-refractivity contribution in [1.82, 2.24) is 4.98 Å². The molecule has 0 spiro atoms. The van der Waals surface area contributed by atoms with E-state index in [1.807, 2.05) is 6.07 Å². The Balaban J connectivity index is 2.80. The van der Waals surface area contributed by atoms with Crippen LogP contribution in [0.25, 0.3) is 0 Å². The summed E-state index contributed by atoms with van der Waals surface area (Å²) in [4.78, 5) is 4.12. The molecule has 1 heterocycles. The van der Waals surface area contributed by atoms with Crippen molar-refractivity contribution in [1.29, 1.82) is 5.26 Å². The summed E-state index contributed by atoms with van der Waals surface area (Å²) in [5, 5.41) is 12.4. The first-order valence-corrected chi connectivity index (χ1v) is 6.44. The molecule has 0 aliphatic rings. The van der Waals surface area contributed by atoms with Crippen LogP contribution in [0.1, 0.15) is 19.4 Å². The number of aromatic nitrogens is 1. The smallest absolute Gasteiger partial charge is 0.146 e. The van der Waals surface area contributed by atoms with E-state index in [0.717, 1.165) is 6.54 Å². The monoisotopic (exact) mass is 255 g/mol. The number of pyridine rings is 1. The number of anilines is 1. The summed E-state index contributed by atoms with van der Waals surface area (Å²) in [6, 6.07) is 3.63. The lowest BCUT2D eigenvalue weighted by atomic mass is 10.2. The minimum absolute atomic E-state index is 0.105. The normalized spacial score (nSPS) is 10.9. The van der Waals surface area contributed by atoms with Gasteiger partial charge in [0.25, 0.3) is 0 Å². The Morgan fingerprint density at radius 2 is 2.31 bits per heavy atom. The number of hydrogen-bond donors (Lipinski definition) is 1. The third-order valence-electron chi connectivity index (χ3n) is 2.24. The van der Waals surface area contributed by atoms with Crippen molar-refractivity contribution in [3.05, 3.63) is 22.8 Å². The van der Waals surface area contributed by atoms with Gasteiger partial charge in [0.2, 0.25) is 0 Å². The number of hydrogen-bond acceptors (Lipinski definition) is 4. The summed E-state index contributed by atoms with van der Waals surface area (Å²) in [5.74, 6) is 0.572. The maximum atomic E-state index is 8.82. The second-order valence-corrected chi connectivity index (χ2v) is 5.84. The summed E-state index contributed by atoms with van der Waals surface area (Å²) < 4.78 is 0.105. The quantitative estimate of drug-likeness (QED) is 0.898. The molecular weight excluding hydrogens is 242 g/mol. The van der Waals surface area contributed by atoms with Gasteiger partial charge in [-0.3, -0.25) is 0 Å². The summed E-state index contributed by atoms with van der Waals surface area (Å²) in [5.41, 5.74) is 0.445. The number of nitrogens with one attached hydrogen (secondary N) is 1. The minimum atomic E-state index is 0.105. The summed E-state index contributed by atoms with van der Waals surface area (Å²) >= 11 is 7.79. The van der Waals surface area contributed by atoms with Gasteiger partial charge in [-0.05, 0) is 26.2 Å². The van der Waals surface area contributed by atoms with Crippen LogP contribution in [0.2, 0.25) is 5.02 Å². The van der Waals surface area contributed by atoms with Gasteiger partial charge in [-0.15, -0.1) is 0 Å². The second-order valence-electron chi connectivity index (χ2n) is 3.95. The SMILES string of the molecule is CSC(C)(C)CNc1nccc(C#N)c1Cl. The molecule has 0 amide bonds. The largest absolute Gasteiger partial charge is 0.367 e. The van der Waals surface area contributed by atoms with Crippen molar-refractivity contribution in [2.24, 2.45) is 0 Å². The highest BCUT2D eigenvalue weighted by atomic mass is 35.5.